The minimum absolute atomic E-state index is 0.0160. The van der Waals surface area contributed by atoms with Gasteiger partial charge in [0.15, 0.2) is 5.69 Å². The van der Waals surface area contributed by atoms with Crippen LogP contribution in [-0.4, -0.2) is 21.1 Å². The molecule has 6 nitrogen and oxygen atoms in total. The lowest BCUT2D eigenvalue weighted by molar-refractivity contribution is -0.124. The van der Waals surface area contributed by atoms with Crippen molar-refractivity contribution in [2.24, 2.45) is 5.41 Å². The van der Waals surface area contributed by atoms with Crippen LogP contribution in [0.15, 0.2) is 4.79 Å². The predicted molar refractivity (Wildman–Crippen MR) is 101 cm³/mol. The van der Waals surface area contributed by atoms with E-state index in [2.05, 4.69) is 27.4 Å². The van der Waals surface area contributed by atoms with Gasteiger partial charge in [-0.2, -0.15) is 0 Å². The Morgan fingerprint density at radius 2 is 1.88 bits per heavy atom. The fraction of sp³-hybridized carbons (Fsp3) is 0.800. The molecule has 1 aromatic heterocycles. The van der Waals surface area contributed by atoms with E-state index in [0.717, 1.165) is 25.7 Å². The second-order valence-corrected chi connectivity index (χ2v) is 8.48. The number of aromatic nitrogens is 3. The number of carbonyl (C=O) groups is 1. The molecule has 0 radical (unpaired) electrons. The van der Waals surface area contributed by atoms with Crippen molar-refractivity contribution in [3.05, 3.63) is 21.9 Å². The molecular weight excluding hydrogens is 328 g/mol. The first-order valence-corrected chi connectivity index (χ1v) is 10.3. The molecule has 1 atom stereocenters. The molecule has 26 heavy (non-hydrogen) atoms. The van der Waals surface area contributed by atoms with Crippen LogP contribution < -0.4 is 10.9 Å². The third kappa shape index (κ3) is 4.51. The van der Waals surface area contributed by atoms with E-state index >= 15 is 0 Å². The van der Waals surface area contributed by atoms with E-state index in [1.165, 1.54) is 32.1 Å². The van der Waals surface area contributed by atoms with Gasteiger partial charge in [0.2, 0.25) is 5.91 Å². The van der Waals surface area contributed by atoms with Gasteiger partial charge in [0.25, 0.3) is 5.56 Å². The van der Waals surface area contributed by atoms with E-state index < -0.39 is 0 Å². The second-order valence-electron chi connectivity index (χ2n) is 8.48. The molecule has 2 fully saturated rings. The first-order valence-electron chi connectivity index (χ1n) is 10.3. The predicted octanol–water partition coefficient (Wildman–Crippen LogP) is 3.75. The van der Waals surface area contributed by atoms with Crippen LogP contribution in [0.25, 0.3) is 0 Å². The van der Waals surface area contributed by atoms with Crippen molar-refractivity contribution in [3.8, 4) is 0 Å². The molecule has 0 spiro atoms. The molecular formula is C20H32N4O2. The molecule has 144 valence electrons. The van der Waals surface area contributed by atoms with Crippen molar-refractivity contribution in [2.75, 3.05) is 0 Å². The minimum Gasteiger partial charge on any atom is -0.347 e. The molecule has 1 amide bonds. The summed E-state index contributed by atoms with van der Waals surface area (Å²) in [5, 5.41) is 11.5. The molecule has 6 heteroatoms. The Balaban J connectivity index is 1.66. The molecule has 0 saturated heterocycles. The van der Waals surface area contributed by atoms with Crippen molar-refractivity contribution in [1.29, 1.82) is 0 Å². The summed E-state index contributed by atoms with van der Waals surface area (Å²) in [6, 6.07) is -0.372. The zero-order chi connectivity index (χ0) is 18.6. The number of hydrogen-bond donors (Lipinski definition) is 2. The summed E-state index contributed by atoms with van der Waals surface area (Å²) >= 11 is 0. The Bertz CT molecular complexity index is 673. The minimum atomic E-state index is -0.372. The molecule has 2 aliphatic carbocycles. The van der Waals surface area contributed by atoms with Gasteiger partial charge in [-0.25, -0.2) is 0 Å². The summed E-state index contributed by atoms with van der Waals surface area (Å²) in [5.41, 5.74) is 0.208. The van der Waals surface area contributed by atoms with Crippen LogP contribution in [0.4, 0.5) is 0 Å². The van der Waals surface area contributed by atoms with Gasteiger partial charge in [0.05, 0.1) is 6.04 Å². The molecule has 0 aromatic carbocycles. The first-order chi connectivity index (χ1) is 12.5. The number of H-pyrrole nitrogens is 1. The van der Waals surface area contributed by atoms with Crippen molar-refractivity contribution < 1.29 is 4.79 Å². The number of aromatic amines is 1. The maximum atomic E-state index is 12.6. The summed E-state index contributed by atoms with van der Waals surface area (Å²) in [4.78, 5) is 28.0. The van der Waals surface area contributed by atoms with E-state index in [1.54, 1.807) is 0 Å². The van der Waals surface area contributed by atoms with Gasteiger partial charge in [0, 0.05) is 12.3 Å². The average Bonchev–Trinajstić information content (AvgIpc) is 3.15. The monoisotopic (exact) mass is 360 g/mol. The number of nitrogens with zero attached hydrogens (tertiary/aromatic N) is 2. The molecule has 1 unspecified atom stereocenters. The summed E-state index contributed by atoms with van der Waals surface area (Å²) < 4.78 is 0. The number of carbonyl (C=O) groups excluding carboxylic acids is 1. The second kappa shape index (κ2) is 8.31. The fourth-order valence-electron chi connectivity index (χ4n) is 4.55. The van der Waals surface area contributed by atoms with E-state index in [-0.39, 0.29) is 22.9 Å². The van der Waals surface area contributed by atoms with Gasteiger partial charge in [0.1, 0.15) is 5.82 Å². The maximum absolute atomic E-state index is 12.6. The SMILES string of the molecule is CCC(NC(=O)CC1(C)CCCCC1)c1nnc(C2CCCC2)[nH]c1=O. The van der Waals surface area contributed by atoms with E-state index in [1.807, 2.05) is 6.92 Å². The zero-order valence-corrected chi connectivity index (χ0v) is 16.1. The van der Waals surface area contributed by atoms with Crippen LogP contribution in [0, 0.1) is 5.41 Å². The largest absolute Gasteiger partial charge is 0.347 e. The average molecular weight is 361 g/mol. The van der Waals surface area contributed by atoms with Gasteiger partial charge in [-0.05, 0) is 37.5 Å². The molecule has 2 N–H and O–H groups in total. The summed E-state index contributed by atoms with van der Waals surface area (Å²) in [5.74, 6) is 1.04. The highest BCUT2D eigenvalue weighted by atomic mass is 16.2. The van der Waals surface area contributed by atoms with E-state index in [4.69, 9.17) is 0 Å². The zero-order valence-electron chi connectivity index (χ0n) is 16.1. The fourth-order valence-corrected chi connectivity index (χ4v) is 4.55. The number of rotatable bonds is 6. The highest BCUT2D eigenvalue weighted by molar-refractivity contribution is 5.77. The van der Waals surface area contributed by atoms with Crippen LogP contribution in [0.5, 0.6) is 0 Å². The Labute approximate surface area is 155 Å². The van der Waals surface area contributed by atoms with Crippen LogP contribution in [-0.2, 0) is 4.79 Å². The highest BCUT2D eigenvalue weighted by Crippen LogP contribution is 2.38. The van der Waals surface area contributed by atoms with Crippen molar-refractivity contribution >= 4 is 5.91 Å². The standard InChI is InChI=1S/C20H32N4O2/c1-3-15(21-16(25)13-20(2)11-7-4-8-12-20)17-19(26)22-18(24-23-17)14-9-5-6-10-14/h14-15H,3-13H2,1-2H3,(H,21,25)(H,22,24,26). The molecule has 1 heterocycles. The molecule has 0 bridgehead atoms. The van der Waals surface area contributed by atoms with Gasteiger partial charge < -0.3 is 10.3 Å². The molecule has 3 rings (SSSR count). The molecule has 2 aliphatic rings. The molecule has 0 aliphatic heterocycles. The van der Waals surface area contributed by atoms with Gasteiger partial charge in [-0.15, -0.1) is 10.2 Å². The number of hydrogen-bond acceptors (Lipinski definition) is 4. The summed E-state index contributed by atoms with van der Waals surface area (Å²) in [6.07, 6.45) is 11.5. The summed E-state index contributed by atoms with van der Waals surface area (Å²) in [6.45, 7) is 4.16. The smallest absolute Gasteiger partial charge is 0.275 e. The summed E-state index contributed by atoms with van der Waals surface area (Å²) in [7, 11) is 0. The quantitative estimate of drug-likeness (QED) is 0.809. The van der Waals surface area contributed by atoms with Gasteiger partial charge in [-0.1, -0.05) is 46.0 Å². The van der Waals surface area contributed by atoms with Crippen LogP contribution in [0.2, 0.25) is 0 Å². The van der Waals surface area contributed by atoms with Gasteiger partial charge in [-0.3, -0.25) is 9.59 Å². The lowest BCUT2D eigenvalue weighted by Gasteiger charge is -2.33. The Morgan fingerprint density at radius 1 is 1.19 bits per heavy atom. The van der Waals surface area contributed by atoms with E-state index in [9.17, 15) is 9.59 Å². The molecule has 1 aromatic rings. The van der Waals surface area contributed by atoms with Crippen LogP contribution in [0.1, 0.15) is 108 Å². The Hall–Kier alpha value is -1.72. The van der Waals surface area contributed by atoms with Crippen molar-refractivity contribution in [3.63, 3.8) is 0 Å². The van der Waals surface area contributed by atoms with Crippen LogP contribution >= 0.6 is 0 Å². The maximum Gasteiger partial charge on any atom is 0.275 e. The van der Waals surface area contributed by atoms with Crippen molar-refractivity contribution in [1.82, 2.24) is 20.5 Å². The highest BCUT2D eigenvalue weighted by Gasteiger charge is 2.30. The Kier molecular flexibility index (Phi) is 6.09. The number of nitrogens with one attached hydrogen (secondary N) is 2. The topological polar surface area (TPSA) is 87.7 Å². The van der Waals surface area contributed by atoms with E-state index in [0.29, 0.717) is 30.3 Å². The normalized spacial score (nSPS) is 21.5. The number of amides is 1. The van der Waals surface area contributed by atoms with Gasteiger partial charge >= 0.3 is 0 Å². The lowest BCUT2D eigenvalue weighted by atomic mass is 9.73. The lowest BCUT2D eigenvalue weighted by Crippen LogP contribution is -2.37. The third-order valence-corrected chi connectivity index (χ3v) is 6.20. The van der Waals surface area contributed by atoms with Crippen molar-refractivity contribution in [2.45, 2.75) is 96.4 Å². The Morgan fingerprint density at radius 3 is 2.50 bits per heavy atom. The first kappa shape index (κ1) is 19.1. The molecule has 2 saturated carbocycles. The van der Waals surface area contributed by atoms with Crippen LogP contribution in [0.3, 0.4) is 0 Å². The third-order valence-electron chi connectivity index (χ3n) is 6.20.